The standard InChI is InChI=1S/C11H12N2O3/c1-11(2,3)10-13-8-7(16-10)4-6(5-12-8)9(14)15/h4-5H,1-3H3,(H,14,15). The number of hydrogen-bond donors (Lipinski definition) is 1. The molecule has 1 N–H and O–H groups in total. The molecule has 0 aliphatic carbocycles. The van der Waals surface area contributed by atoms with E-state index in [1.54, 1.807) is 0 Å². The molecule has 16 heavy (non-hydrogen) atoms. The fraction of sp³-hybridized carbons (Fsp3) is 0.364. The van der Waals surface area contributed by atoms with Gasteiger partial charge < -0.3 is 9.52 Å². The van der Waals surface area contributed by atoms with E-state index in [1.165, 1.54) is 12.3 Å². The highest BCUT2D eigenvalue weighted by atomic mass is 16.4. The van der Waals surface area contributed by atoms with Crippen LogP contribution >= 0.6 is 0 Å². The molecule has 0 amide bonds. The summed E-state index contributed by atoms with van der Waals surface area (Å²) in [5.41, 5.74) is 0.730. The van der Waals surface area contributed by atoms with E-state index in [0.29, 0.717) is 17.1 Å². The number of nitrogens with zero attached hydrogens (tertiary/aromatic N) is 2. The monoisotopic (exact) mass is 220 g/mol. The van der Waals surface area contributed by atoms with Crippen LogP contribution in [0, 0.1) is 0 Å². The maximum atomic E-state index is 10.7. The van der Waals surface area contributed by atoms with Crippen molar-refractivity contribution in [3.8, 4) is 0 Å². The van der Waals surface area contributed by atoms with Crippen LogP contribution in [-0.4, -0.2) is 21.0 Å². The second-order valence-electron chi connectivity index (χ2n) is 4.62. The summed E-state index contributed by atoms with van der Waals surface area (Å²) in [6.45, 7) is 5.90. The van der Waals surface area contributed by atoms with Crippen LogP contribution in [0.25, 0.3) is 11.2 Å². The normalized spacial score (nSPS) is 11.9. The van der Waals surface area contributed by atoms with E-state index >= 15 is 0 Å². The van der Waals surface area contributed by atoms with Crippen LogP contribution in [0.2, 0.25) is 0 Å². The van der Waals surface area contributed by atoms with E-state index in [9.17, 15) is 4.79 Å². The van der Waals surface area contributed by atoms with Gasteiger partial charge in [-0.1, -0.05) is 20.8 Å². The molecule has 0 bridgehead atoms. The zero-order valence-corrected chi connectivity index (χ0v) is 9.31. The summed E-state index contributed by atoms with van der Waals surface area (Å²) < 4.78 is 5.49. The molecule has 0 aromatic carbocycles. The molecule has 2 aromatic heterocycles. The number of oxazole rings is 1. The molecule has 0 saturated carbocycles. The Morgan fingerprint density at radius 3 is 2.69 bits per heavy atom. The lowest BCUT2D eigenvalue weighted by molar-refractivity contribution is 0.0696. The average Bonchev–Trinajstić information content (AvgIpc) is 2.58. The van der Waals surface area contributed by atoms with E-state index in [4.69, 9.17) is 9.52 Å². The third-order valence-corrected chi connectivity index (χ3v) is 2.14. The number of aromatic nitrogens is 2. The Hall–Kier alpha value is -1.91. The molecule has 0 saturated heterocycles. The van der Waals surface area contributed by atoms with Crippen molar-refractivity contribution in [2.45, 2.75) is 26.2 Å². The molecule has 0 aliphatic rings. The largest absolute Gasteiger partial charge is 0.478 e. The molecule has 0 radical (unpaired) electrons. The molecule has 0 aliphatic heterocycles. The van der Waals surface area contributed by atoms with E-state index in [-0.39, 0.29) is 11.0 Å². The molecule has 0 atom stereocenters. The first-order valence-electron chi connectivity index (χ1n) is 4.88. The number of rotatable bonds is 1. The van der Waals surface area contributed by atoms with Crippen molar-refractivity contribution in [1.29, 1.82) is 0 Å². The molecule has 0 fully saturated rings. The van der Waals surface area contributed by atoms with Crippen LogP contribution in [0.15, 0.2) is 16.7 Å². The summed E-state index contributed by atoms with van der Waals surface area (Å²) >= 11 is 0. The van der Waals surface area contributed by atoms with Crippen molar-refractivity contribution in [2.75, 3.05) is 0 Å². The van der Waals surface area contributed by atoms with Crippen LogP contribution in [-0.2, 0) is 5.41 Å². The van der Waals surface area contributed by atoms with Crippen molar-refractivity contribution >= 4 is 17.2 Å². The summed E-state index contributed by atoms with van der Waals surface area (Å²) in [4.78, 5) is 18.9. The van der Waals surface area contributed by atoms with E-state index in [0.717, 1.165) is 0 Å². The zero-order valence-electron chi connectivity index (χ0n) is 9.31. The number of carboxylic acids is 1. The number of aromatic carboxylic acids is 1. The minimum Gasteiger partial charge on any atom is -0.478 e. The van der Waals surface area contributed by atoms with E-state index < -0.39 is 5.97 Å². The minimum absolute atomic E-state index is 0.101. The molecule has 5 nitrogen and oxygen atoms in total. The maximum absolute atomic E-state index is 10.7. The van der Waals surface area contributed by atoms with Crippen LogP contribution in [0.5, 0.6) is 0 Å². The lowest BCUT2D eigenvalue weighted by Gasteiger charge is -2.11. The molecule has 2 heterocycles. The van der Waals surface area contributed by atoms with Crippen LogP contribution in [0.3, 0.4) is 0 Å². The molecule has 5 heteroatoms. The lowest BCUT2D eigenvalue weighted by atomic mass is 9.97. The van der Waals surface area contributed by atoms with Crippen molar-refractivity contribution < 1.29 is 14.3 Å². The summed E-state index contributed by atoms with van der Waals surface area (Å²) in [5.74, 6) is -0.472. The Morgan fingerprint density at radius 2 is 2.12 bits per heavy atom. The Bertz CT molecular complexity index is 552. The molecule has 2 rings (SSSR count). The predicted octanol–water partition coefficient (Wildman–Crippen LogP) is 2.22. The number of carbonyl (C=O) groups is 1. The number of hydrogen-bond acceptors (Lipinski definition) is 4. The average molecular weight is 220 g/mol. The fourth-order valence-corrected chi connectivity index (χ4v) is 1.26. The lowest BCUT2D eigenvalue weighted by Crippen LogP contribution is -2.11. The van der Waals surface area contributed by atoms with Gasteiger partial charge in [-0.25, -0.2) is 9.78 Å². The molecule has 0 unspecified atom stereocenters. The van der Waals surface area contributed by atoms with Crippen molar-refractivity contribution in [2.24, 2.45) is 0 Å². The highest BCUT2D eigenvalue weighted by molar-refractivity contribution is 5.90. The fourth-order valence-electron chi connectivity index (χ4n) is 1.26. The number of pyridine rings is 1. The predicted molar refractivity (Wildman–Crippen MR) is 57.5 cm³/mol. The topological polar surface area (TPSA) is 76.2 Å². The van der Waals surface area contributed by atoms with Gasteiger partial charge in [0.2, 0.25) is 5.89 Å². The van der Waals surface area contributed by atoms with Gasteiger partial charge in [-0.3, -0.25) is 0 Å². The van der Waals surface area contributed by atoms with Gasteiger partial charge in [-0.05, 0) is 0 Å². The van der Waals surface area contributed by atoms with Gasteiger partial charge in [0.1, 0.15) is 0 Å². The van der Waals surface area contributed by atoms with Gasteiger partial charge in [0.25, 0.3) is 0 Å². The van der Waals surface area contributed by atoms with Crippen LogP contribution in [0.1, 0.15) is 37.0 Å². The van der Waals surface area contributed by atoms with Gasteiger partial charge >= 0.3 is 5.97 Å². The van der Waals surface area contributed by atoms with Crippen molar-refractivity contribution in [3.63, 3.8) is 0 Å². The molecule has 2 aromatic rings. The first-order chi connectivity index (χ1) is 7.38. The summed E-state index contributed by atoms with van der Waals surface area (Å²) in [5, 5.41) is 8.81. The Kier molecular flexibility index (Phi) is 2.18. The third kappa shape index (κ3) is 1.76. The van der Waals surface area contributed by atoms with Gasteiger partial charge in [-0.15, -0.1) is 0 Å². The van der Waals surface area contributed by atoms with E-state index in [1.807, 2.05) is 20.8 Å². The number of carboxylic acid groups (broad SMARTS) is 1. The first-order valence-corrected chi connectivity index (χ1v) is 4.88. The first kappa shape index (κ1) is 10.6. The smallest absolute Gasteiger partial charge is 0.337 e. The highest BCUT2D eigenvalue weighted by Crippen LogP contribution is 2.25. The van der Waals surface area contributed by atoms with E-state index in [2.05, 4.69) is 9.97 Å². The molecule has 84 valence electrons. The van der Waals surface area contributed by atoms with Crippen molar-refractivity contribution in [1.82, 2.24) is 9.97 Å². The Labute approximate surface area is 92.1 Å². The van der Waals surface area contributed by atoms with Gasteiger partial charge in [0.05, 0.1) is 5.56 Å². The highest BCUT2D eigenvalue weighted by Gasteiger charge is 2.21. The second-order valence-corrected chi connectivity index (χ2v) is 4.62. The maximum Gasteiger partial charge on any atom is 0.337 e. The molecular weight excluding hydrogens is 208 g/mol. The van der Waals surface area contributed by atoms with Gasteiger partial charge in [0, 0.05) is 17.7 Å². The Balaban J connectivity index is 2.59. The quantitative estimate of drug-likeness (QED) is 0.797. The minimum atomic E-state index is -1.02. The summed E-state index contributed by atoms with van der Waals surface area (Å²) in [7, 11) is 0. The SMILES string of the molecule is CC(C)(C)c1nc2ncc(C(=O)O)cc2o1. The van der Waals surface area contributed by atoms with Gasteiger partial charge in [0.15, 0.2) is 11.2 Å². The molecule has 0 spiro atoms. The summed E-state index contributed by atoms with van der Waals surface area (Å²) in [6, 6.07) is 1.44. The van der Waals surface area contributed by atoms with Gasteiger partial charge in [-0.2, -0.15) is 4.98 Å². The third-order valence-electron chi connectivity index (χ3n) is 2.14. The van der Waals surface area contributed by atoms with Crippen LogP contribution < -0.4 is 0 Å². The second kappa shape index (κ2) is 3.30. The van der Waals surface area contributed by atoms with Crippen molar-refractivity contribution in [3.05, 3.63) is 23.7 Å². The molecular formula is C11H12N2O3. The Morgan fingerprint density at radius 1 is 1.44 bits per heavy atom. The summed E-state index contributed by atoms with van der Waals surface area (Å²) in [6.07, 6.45) is 1.28. The number of fused-ring (bicyclic) bond motifs is 1. The van der Waals surface area contributed by atoms with Crippen LogP contribution in [0.4, 0.5) is 0 Å². The zero-order chi connectivity index (χ0) is 11.9.